The minimum Gasteiger partial charge on any atom is -0.497 e. The van der Waals surface area contributed by atoms with Crippen LogP contribution in [0.5, 0.6) is 11.5 Å². The molecule has 8 heteroatoms. The van der Waals surface area contributed by atoms with Crippen molar-refractivity contribution in [3.8, 4) is 11.5 Å². The summed E-state index contributed by atoms with van der Waals surface area (Å²) in [6.07, 6.45) is 5.58. The predicted octanol–water partition coefficient (Wildman–Crippen LogP) is 2.95. The van der Waals surface area contributed by atoms with Crippen LogP contribution in [-0.2, 0) is 6.42 Å². The van der Waals surface area contributed by atoms with Crippen molar-refractivity contribution in [2.45, 2.75) is 6.42 Å². The van der Waals surface area contributed by atoms with Gasteiger partial charge in [0.25, 0.3) is 5.91 Å². The molecule has 0 saturated heterocycles. The van der Waals surface area contributed by atoms with E-state index in [2.05, 4.69) is 20.3 Å². The Morgan fingerprint density at radius 3 is 2.59 bits per heavy atom. The highest BCUT2D eigenvalue weighted by molar-refractivity contribution is 5.92. The Kier molecular flexibility index (Phi) is 6.57. The molecular weight excluding hydrogens is 370 g/mol. The summed E-state index contributed by atoms with van der Waals surface area (Å²) in [4.78, 5) is 26.7. The van der Waals surface area contributed by atoms with Gasteiger partial charge in [-0.05, 0) is 36.2 Å². The molecule has 2 heterocycles. The Labute approximate surface area is 169 Å². The number of rotatable bonds is 8. The second-order valence-corrected chi connectivity index (χ2v) is 6.31. The first-order valence-electron chi connectivity index (χ1n) is 9.06. The van der Waals surface area contributed by atoms with Gasteiger partial charge < -0.3 is 19.7 Å². The molecule has 0 unspecified atom stereocenters. The zero-order valence-corrected chi connectivity index (χ0v) is 16.6. The molecule has 0 radical (unpaired) electrons. The number of amides is 1. The SMILES string of the molecule is COc1ccc(OC)c(Nc2cc(C(=O)N(C)CCc3ccncc3)ncn2)c1. The maximum atomic E-state index is 12.7. The molecule has 1 N–H and O–H groups in total. The zero-order chi connectivity index (χ0) is 20.6. The van der Waals surface area contributed by atoms with Crippen LogP contribution < -0.4 is 14.8 Å². The largest absolute Gasteiger partial charge is 0.497 e. The molecule has 3 rings (SSSR count). The molecule has 0 spiro atoms. The summed E-state index contributed by atoms with van der Waals surface area (Å²) in [5, 5.41) is 3.16. The molecule has 0 fully saturated rings. The number of pyridine rings is 1. The van der Waals surface area contributed by atoms with Gasteiger partial charge >= 0.3 is 0 Å². The van der Waals surface area contributed by atoms with Crippen molar-refractivity contribution in [1.82, 2.24) is 19.9 Å². The summed E-state index contributed by atoms with van der Waals surface area (Å²) in [5.74, 6) is 1.61. The molecule has 29 heavy (non-hydrogen) atoms. The Morgan fingerprint density at radius 2 is 1.86 bits per heavy atom. The number of methoxy groups -OCH3 is 2. The first-order valence-corrected chi connectivity index (χ1v) is 9.06. The molecule has 0 aliphatic heterocycles. The molecule has 0 aliphatic rings. The van der Waals surface area contributed by atoms with Crippen molar-refractivity contribution in [3.63, 3.8) is 0 Å². The fourth-order valence-corrected chi connectivity index (χ4v) is 2.74. The van der Waals surface area contributed by atoms with E-state index >= 15 is 0 Å². The van der Waals surface area contributed by atoms with E-state index in [0.29, 0.717) is 35.2 Å². The molecule has 0 saturated carbocycles. The average molecular weight is 393 g/mol. The van der Waals surface area contributed by atoms with E-state index in [4.69, 9.17) is 9.47 Å². The smallest absolute Gasteiger partial charge is 0.272 e. The van der Waals surface area contributed by atoms with E-state index in [9.17, 15) is 4.79 Å². The molecule has 0 bridgehead atoms. The van der Waals surface area contributed by atoms with Crippen molar-refractivity contribution in [2.24, 2.45) is 0 Å². The van der Waals surface area contributed by atoms with Crippen LogP contribution in [-0.4, -0.2) is 53.6 Å². The van der Waals surface area contributed by atoms with Gasteiger partial charge in [-0.2, -0.15) is 0 Å². The topological polar surface area (TPSA) is 89.5 Å². The lowest BCUT2D eigenvalue weighted by Crippen LogP contribution is -2.29. The summed E-state index contributed by atoms with van der Waals surface area (Å²) in [6, 6.07) is 10.9. The van der Waals surface area contributed by atoms with Crippen LogP contribution in [0.2, 0.25) is 0 Å². The summed E-state index contributed by atoms with van der Waals surface area (Å²) in [5.41, 5.74) is 2.10. The highest BCUT2D eigenvalue weighted by Gasteiger charge is 2.15. The lowest BCUT2D eigenvalue weighted by Gasteiger charge is -2.17. The lowest BCUT2D eigenvalue weighted by molar-refractivity contribution is 0.0790. The Hall–Kier alpha value is -3.68. The number of nitrogens with zero attached hydrogens (tertiary/aromatic N) is 4. The second-order valence-electron chi connectivity index (χ2n) is 6.31. The summed E-state index contributed by atoms with van der Waals surface area (Å²) in [6.45, 7) is 0.569. The number of carbonyl (C=O) groups is 1. The number of hydrogen-bond acceptors (Lipinski definition) is 7. The fraction of sp³-hybridized carbons (Fsp3) is 0.238. The zero-order valence-electron chi connectivity index (χ0n) is 16.6. The van der Waals surface area contributed by atoms with Gasteiger partial charge in [-0.3, -0.25) is 9.78 Å². The van der Waals surface area contributed by atoms with E-state index in [0.717, 1.165) is 12.0 Å². The maximum absolute atomic E-state index is 12.7. The number of anilines is 2. The van der Waals surface area contributed by atoms with Gasteiger partial charge in [0.05, 0.1) is 19.9 Å². The minimum atomic E-state index is -0.179. The molecule has 1 amide bonds. The first-order chi connectivity index (χ1) is 14.1. The summed E-state index contributed by atoms with van der Waals surface area (Å²) >= 11 is 0. The molecule has 3 aromatic rings. The normalized spacial score (nSPS) is 10.3. The third-order valence-electron chi connectivity index (χ3n) is 4.39. The van der Waals surface area contributed by atoms with Gasteiger partial charge in [0.2, 0.25) is 0 Å². The number of likely N-dealkylation sites (N-methyl/N-ethyl adjacent to an activating group) is 1. The maximum Gasteiger partial charge on any atom is 0.272 e. The minimum absolute atomic E-state index is 0.179. The molecule has 0 atom stereocenters. The van der Waals surface area contributed by atoms with Crippen molar-refractivity contribution >= 4 is 17.4 Å². The van der Waals surface area contributed by atoms with Gasteiger partial charge in [0.15, 0.2) is 0 Å². The summed E-state index contributed by atoms with van der Waals surface area (Å²) in [7, 11) is 4.93. The fourth-order valence-electron chi connectivity index (χ4n) is 2.74. The summed E-state index contributed by atoms with van der Waals surface area (Å²) < 4.78 is 10.6. The molecule has 150 valence electrons. The van der Waals surface area contributed by atoms with Gasteiger partial charge in [-0.25, -0.2) is 9.97 Å². The Morgan fingerprint density at radius 1 is 1.07 bits per heavy atom. The molecule has 8 nitrogen and oxygen atoms in total. The molecular formula is C21H23N5O3. The highest BCUT2D eigenvalue weighted by Crippen LogP contribution is 2.31. The quantitative estimate of drug-likeness (QED) is 0.629. The van der Waals surface area contributed by atoms with E-state index < -0.39 is 0 Å². The average Bonchev–Trinajstić information content (AvgIpc) is 2.77. The van der Waals surface area contributed by atoms with Crippen LogP contribution in [0.25, 0.3) is 0 Å². The molecule has 2 aromatic heterocycles. The lowest BCUT2D eigenvalue weighted by atomic mass is 10.2. The van der Waals surface area contributed by atoms with Crippen LogP contribution in [0.1, 0.15) is 16.1 Å². The highest BCUT2D eigenvalue weighted by atomic mass is 16.5. The number of aromatic nitrogens is 3. The Balaban J connectivity index is 1.71. The first kappa shape index (κ1) is 20.1. The Bertz CT molecular complexity index is 966. The number of benzene rings is 1. The van der Waals surface area contributed by atoms with Crippen molar-refractivity contribution in [3.05, 3.63) is 66.4 Å². The van der Waals surface area contributed by atoms with Gasteiger partial charge in [-0.1, -0.05) is 0 Å². The number of ether oxygens (including phenoxy) is 2. The van der Waals surface area contributed by atoms with Crippen molar-refractivity contribution in [1.29, 1.82) is 0 Å². The number of nitrogens with one attached hydrogen (secondary N) is 1. The van der Waals surface area contributed by atoms with Crippen LogP contribution in [0, 0.1) is 0 Å². The van der Waals surface area contributed by atoms with Crippen LogP contribution in [0.3, 0.4) is 0 Å². The van der Waals surface area contributed by atoms with Crippen LogP contribution >= 0.6 is 0 Å². The van der Waals surface area contributed by atoms with Crippen LogP contribution in [0.4, 0.5) is 11.5 Å². The van der Waals surface area contributed by atoms with Gasteiger partial charge in [0, 0.05) is 38.1 Å². The number of carbonyl (C=O) groups excluding carboxylic acids is 1. The van der Waals surface area contributed by atoms with Crippen molar-refractivity contribution in [2.75, 3.05) is 33.1 Å². The van der Waals surface area contributed by atoms with E-state index in [-0.39, 0.29) is 5.91 Å². The molecule has 1 aromatic carbocycles. The number of hydrogen-bond donors (Lipinski definition) is 1. The van der Waals surface area contributed by atoms with Crippen molar-refractivity contribution < 1.29 is 14.3 Å². The molecule has 0 aliphatic carbocycles. The van der Waals surface area contributed by atoms with E-state index in [1.165, 1.54) is 6.33 Å². The van der Waals surface area contributed by atoms with Crippen LogP contribution in [0.15, 0.2) is 55.1 Å². The predicted molar refractivity (Wildman–Crippen MR) is 110 cm³/mol. The standard InChI is InChI=1S/C21H23N5O3/c1-26(11-8-15-6-9-22-10-7-15)21(27)18-13-20(24-14-23-18)25-17-12-16(28-2)4-5-19(17)29-3/h4-7,9-10,12-14H,8,11H2,1-3H3,(H,23,24,25). The van der Waals surface area contributed by atoms with Gasteiger partial charge in [0.1, 0.15) is 29.3 Å². The third-order valence-corrected chi connectivity index (χ3v) is 4.39. The van der Waals surface area contributed by atoms with Gasteiger partial charge in [-0.15, -0.1) is 0 Å². The second kappa shape index (κ2) is 9.50. The monoisotopic (exact) mass is 393 g/mol. The third kappa shape index (κ3) is 5.19. The van der Waals surface area contributed by atoms with E-state index in [1.54, 1.807) is 62.8 Å². The van der Waals surface area contributed by atoms with E-state index in [1.807, 2.05) is 12.1 Å².